The molecule has 0 rings (SSSR count). The van der Waals surface area contributed by atoms with Crippen molar-refractivity contribution in [3.8, 4) is 0 Å². The molecule has 0 heterocycles. The van der Waals surface area contributed by atoms with Crippen molar-refractivity contribution >= 4 is 12.6 Å². The van der Waals surface area contributed by atoms with Gasteiger partial charge in [-0.2, -0.15) is 0 Å². The third-order valence-corrected chi connectivity index (χ3v) is 0.849. The minimum Gasteiger partial charge on any atom is -0.391 e. The normalized spacial score (nSPS) is 14.5. The van der Waals surface area contributed by atoms with Crippen molar-refractivity contribution in [3.63, 3.8) is 0 Å². The van der Waals surface area contributed by atoms with E-state index in [0.29, 0.717) is 5.75 Å². The summed E-state index contributed by atoms with van der Waals surface area (Å²) in [7, 11) is 0. The van der Waals surface area contributed by atoms with Gasteiger partial charge in [0.2, 0.25) is 0 Å². The second-order valence-electron chi connectivity index (χ2n) is 1.06. The van der Waals surface area contributed by atoms with Crippen LogP contribution in [0.5, 0.6) is 0 Å². The Kier molecular flexibility index (Phi) is 3.62. The standard InChI is InChI=1S/C3H8NOS/c4-1-3(5)2-6/h3,5H,1-2,4H2. The molecule has 0 spiro atoms. The number of hydrogen-bond donors (Lipinski definition) is 2. The molecule has 0 amide bonds. The van der Waals surface area contributed by atoms with Gasteiger partial charge in [-0.05, 0) is 0 Å². The fourth-order valence-corrected chi connectivity index (χ4v) is 0.204. The van der Waals surface area contributed by atoms with E-state index in [2.05, 4.69) is 12.6 Å². The fourth-order valence-electron chi connectivity index (χ4n) is 0.0680. The molecule has 0 fully saturated rings. The van der Waals surface area contributed by atoms with Crippen LogP contribution >= 0.6 is 12.6 Å². The highest BCUT2D eigenvalue weighted by atomic mass is 32.1. The smallest absolute Gasteiger partial charge is 0.0761 e. The van der Waals surface area contributed by atoms with Crippen LogP contribution in [0.15, 0.2) is 0 Å². The molecule has 0 aliphatic carbocycles. The summed E-state index contributed by atoms with van der Waals surface area (Å²) in [4.78, 5) is 0. The fraction of sp³-hybridized carbons (Fsp3) is 1.00. The Morgan fingerprint density at radius 1 is 1.83 bits per heavy atom. The summed E-state index contributed by atoms with van der Waals surface area (Å²) in [6.45, 7) is 0.281. The number of aliphatic hydroxyl groups excluding tert-OH is 1. The molecule has 3 N–H and O–H groups in total. The molecule has 1 radical (unpaired) electrons. The minimum atomic E-state index is -0.472. The summed E-state index contributed by atoms with van der Waals surface area (Å²) >= 11 is 4.44. The van der Waals surface area contributed by atoms with Crippen LogP contribution in [0.3, 0.4) is 0 Å². The first kappa shape index (κ1) is 6.27. The van der Waals surface area contributed by atoms with E-state index < -0.39 is 6.10 Å². The van der Waals surface area contributed by atoms with Crippen molar-refractivity contribution in [1.29, 1.82) is 0 Å². The van der Waals surface area contributed by atoms with Gasteiger partial charge in [0.25, 0.3) is 0 Å². The number of rotatable bonds is 2. The molecule has 0 aromatic carbocycles. The van der Waals surface area contributed by atoms with Gasteiger partial charge in [-0.1, -0.05) is 12.6 Å². The monoisotopic (exact) mass is 106 g/mol. The van der Waals surface area contributed by atoms with E-state index in [-0.39, 0.29) is 6.54 Å². The molecular formula is C3H8NOS. The van der Waals surface area contributed by atoms with E-state index >= 15 is 0 Å². The first-order valence-electron chi connectivity index (χ1n) is 1.77. The highest BCUT2D eigenvalue weighted by Crippen LogP contribution is 1.79. The van der Waals surface area contributed by atoms with E-state index in [0.717, 1.165) is 0 Å². The van der Waals surface area contributed by atoms with Crippen molar-refractivity contribution in [3.05, 3.63) is 0 Å². The summed E-state index contributed by atoms with van der Waals surface area (Å²) < 4.78 is 0. The summed E-state index contributed by atoms with van der Waals surface area (Å²) in [5.74, 6) is 0.344. The minimum absolute atomic E-state index is 0.281. The summed E-state index contributed by atoms with van der Waals surface area (Å²) in [5, 5.41) is 8.44. The molecule has 2 nitrogen and oxygen atoms in total. The average Bonchev–Trinajstić information content (AvgIpc) is 1.65. The molecule has 0 aliphatic heterocycles. The first-order valence-corrected chi connectivity index (χ1v) is 2.35. The predicted molar refractivity (Wildman–Crippen MR) is 27.5 cm³/mol. The highest BCUT2D eigenvalue weighted by molar-refractivity contribution is 7.80. The van der Waals surface area contributed by atoms with Crippen LogP contribution in [0, 0.1) is 0 Å². The van der Waals surface area contributed by atoms with Gasteiger partial charge in [0.15, 0.2) is 0 Å². The Morgan fingerprint density at radius 3 is 2.33 bits per heavy atom. The van der Waals surface area contributed by atoms with Crippen LogP contribution in [0.2, 0.25) is 0 Å². The Morgan fingerprint density at radius 2 is 2.33 bits per heavy atom. The Labute approximate surface area is 42.8 Å². The van der Waals surface area contributed by atoms with E-state index in [1.807, 2.05) is 0 Å². The second-order valence-corrected chi connectivity index (χ2v) is 1.39. The van der Waals surface area contributed by atoms with E-state index in [9.17, 15) is 0 Å². The van der Waals surface area contributed by atoms with Gasteiger partial charge in [0.1, 0.15) is 0 Å². The zero-order valence-electron chi connectivity index (χ0n) is 3.42. The van der Waals surface area contributed by atoms with Gasteiger partial charge in [0.05, 0.1) is 6.10 Å². The predicted octanol–water partition coefficient (Wildman–Crippen LogP) is -0.496. The zero-order valence-corrected chi connectivity index (χ0v) is 4.24. The van der Waals surface area contributed by atoms with E-state index in [1.165, 1.54) is 0 Å². The topological polar surface area (TPSA) is 46.2 Å². The molecule has 0 aromatic rings. The molecule has 0 saturated carbocycles. The van der Waals surface area contributed by atoms with Crippen molar-refractivity contribution in [2.75, 3.05) is 12.3 Å². The first-order chi connectivity index (χ1) is 2.81. The molecule has 0 bridgehead atoms. The van der Waals surface area contributed by atoms with E-state index in [4.69, 9.17) is 10.8 Å². The lowest BCUT2D eigenvalue weighted by Gasteiger charge is -1.97. The molecule has 1 unspecified atom stereocenters. The molecule has 0 aliphatic rings. The molecule has 3 heteroatoms. The molecule has 6 heavy (non-hydrogen) atoms. The van der Waals surface area contributed by atoms with Gasteiger partial charge in [-0.15, -0.1) is 0 Å². The third kappa shape index (κ3) is 2.50. The zero-order chi connectivity index (χ0) is 4.99. The maximum Gasteiger partial charge on any atom is 0.0761 e. The quantitative estimate of drug-likeness (QED) is 0.498. The van der Waals surface area contributed by atoms with Crippen LogP contribution in [0.25, 0.3) is 0 Å². The van der Waals surface area contributed by atoms with Gasteiger partial charge >= 0.3 is 0 Å². The highest BCUT2D eigenvalue weighted by Gasteiger charge is 1.92. The Balaban J connectivity index is 2.75. The number of hydrogen-bond acceptors (Lipinski definition) is 2. The lowest BCUT2D eigenvalue weighted by molar-refractivity contribution is 0.208. The van der Waals surface area contributed by atoms with Crippen molar-refractivity contribution in [2.45, 2.75) is 6.10 Å². The van der Waals surface area contributed by atoms with Crippen molar-refractivity contribution in [2.24, 2.45) is 5.73 Å². The van der Waals surface area contributed by atoms with Crippen LogP contribution < -0.4 is 5.73 Å². The van der Waals surface area contributed by atoms with Crippen LogP contribution in [0.4, 0.5) is 0 Å². The van der Waals surface area contributed by atoms with Gasteiger partial charge < -0.3 is 10.8 Å². The largest absolute Gasteiger partial charge is 0.391 e. The van der Waals surface area contributed by atoms with E-state index in [1.54, 1.807) is 0 Å². The van der Waals surface area contributed by atoms with Gasteiger partial charge in [-0.3, -0.25) is 0 Å². The van der Waals surface area contributed by atoms with Crippen LogP contribution in [0.1, 0.15) is 0 Å². The molecule has 1 atom stereocenters. The second kappa shape index (κ2) is 3.46. The number of nitrogens with two attached hydrogens (primary N) is 1. The maximum atomic E-state index is 8.44. The summed E-state index contributed by atoms with van der Waals surface area (Å²) in [6.07, 6.45) is -0.472. The number of aliphatic hydroxyl groups is 1. The van der Waals surface area contributed by atoms with Crippen LogP contribution in [-0.2, 0) is 0 Å². The molecule has 0 saturated heterocycles. The van der Waals surface area contributed by atoms with Crippen molar-refractivity contribution < 1.29 is 5.11 Å². The Bertz CT molecular complexity index is 30.0. The van der Waals surface area contributed by atoms with Crippen molar-refractivity contribution in [1.82, 2.24) is 0 Å². The van der Waals surface area contributed by atoms with Gasteiger partial charge in [-0.25, -0.2) is 0 Å². The molecule has 0 aromatic heterocycles. The maximum absolute atomic E-state index is 8.44. The van der Waals surface area contributed by atoms with Gasteiger partial charge in [0, 0.05) is 12.3 Å². The summed E-state index contributed by atoms with van der Waals surface area (Å²) in [5.41, 5.74) is 4.97. The third-order valence-electron chi connectivity index (χ3n) is 0.464. The average molecular weight is 106 g/mol. The SMILES string of the molecule is NCC(O)C[S]. The molecular weight excluding hydrogens is 98.1 g/mol. The van der Waals surface area contributed by atoms with Crippen LogP contribution in [-0.4, -0.2) is 23.5 Å². The molecule has 37 valence electrons. The lowest BCUT2D eigenvalue weighted by atomic mass is 10.4. The Hall–Kier alpha value is 0.270. The lowest BCUT2D eigenvalue weighted by Crippen LogP contribution is -2.20. The summed E-state index contributed by atoms with van der Waals surface area (Å²) in [6, 6.07) is 0.